The van der Waals surface area contributed by atoms with Crippen LogP contribution in [0.25, 0.3) is 0 Å². The Labute approximate surface area is 179 Å². The first-order valence-electron chi connectivity index (χ1n) is 10.1. The van der Waals surface area contributed by atoms with Crippen molar-refractivity contribution in [3.05, 3.63) is 65.2 Å². The average Bonchev–Trinajstić information content (AvgIpc) is 2.78. The van der Waals surface area contributed by atoms with Gasteiger partial charge in [-0.05, 0) is 48.7 Å². The number of nitrogens with zero attached hydrogens (tertiary/aromatic N) is 1. The molecule has 0 radical (unpaired) electrons. The molecule has 0 saturated carbocycles. The Morgan fingerprint density at radius 1 is 1.23 bits per heavy atom. The van der Waals surface area contributed by atoms with Gasteiger partial charge in [0.2, 0.25) is 0 Å². The molecule has 1 aliphatic heterocycles. The van der Waals surface area contributed by atoms with Crippen LogP contribution >= 0.6 is 0 Å². The molecule has 3 rings (SSSR count). The summed E-state index contributed by atoms with van der Waals surface area (Å²) in [5.41, 5.74) is 0.979. The summed E-state index contributed by atoms with van der Waals surface area (Å²) in [6.07, 6.45) is -4.00. The van der Waals surface area contributed by atoms with E-state index in [0.29, 0.717) is 24.5 Å². The molecule has 1 aliphatic rings. The summed E-state index contributed by atoms with van der Waals surface area (Å²) in [7, 11) is 1.30. The molecule has 0 N–H and O–H groups in total. The zero-order valence-corrected chi connectivity index (χ0v) is 17.5. The molecule has 0 spiro atoms. The van der Waals surface area contributed by atoms with Crippen molar-refractivity contribution in [1.82, 2.24) is 4.90 Å². The van der Waals surface area contributed by atoms with Gasteiger partial charge < -0.3 is 14.2 Å². The third-order valence-electron chi connectivity index (χ3n) is 5.35. The summed E-state index contributed by atoms with van der Waals surface area (Å²) in [5.74, 6) is 0.137. The number of esters is 1. The van der Waals surface area contributed by atoms with Crippen LogP contribution in [0.4, 0.5) is 13.2 Å². The predicted molar refractivity (Wildman–Crippen MR) is 109 cm³/mol. The molecule has 1 fully saturated rings. The number of ether oxygens (including phenoxy) is 3. The zero-order valence-electron chi connectivity index (χ0n) is 17.5. The van der Waals surface area contributed by atoms with Crippen LogP contribution in [0.2, 0.25) is 0 Å². The van der Waals surface area contributed by atoms with E-state index in [1.807, 2.05) is 12.1 Å². The topological polar surface area (TPSA) is 48.0 Å². The van der Waals surface area contributed by atoms with Gasteiger partial charge in [0.25, 0.3) is 0 Å². The highest BCUT2D eigenvalue weighted by atomic mass is 19.4. The fourth-order valence-corrected chi connectivity index (χ4v) is 3.58. The van der Waals surface area contributed by atoms with Crippen molar-refractivity contribution in [1.29, 1.82) is 0 Å². The van der Waals surface area contributed by atoms with Crippen LogP contribution in [0.5, 0.6) is 5.75 Å². The Morgan fingerprint density at radius 3 is 2.65 bits per heavy atom. The summed E-state index contributed by atoms with van der Waals surface area (Å²) in [6, 6.07) is 13.0. The van der Waals surface area contributed by atoms with Gasteiger partial charge in [0.05, 0.1) is 25.4 Å². The number of morpholine rings is 1. The van der Waals surface area contributed by atoms with E-state index in [1.165, 1.54) is 19.2 Å². The molecular formula is C23H26F3NO4. The second-order valence-electron chi connectivity index (χ2n) is 7.54. The van der Waals surface area contributed by atoms with Gasteiger partial charge >= 0.3 is 12.1 Å². The SMILES string of the molecule is COC(=O)COc1ccc(CC(C)N2CCOC(c3cccc(C(F)(F)F)c3)C2)cc1. The Kier molecular flexibility index (Phi) is 7.56. The van der Waals surface area contributed by atoms with Crippen molar-refractivity contribution in [3.8, 4) is 5.75 Å². The quantitative estimate of drug-likeness (QED) is 0.606. The number of carbonyl (C=O) groups is 1. The fraction of sp³-hybridized carbons (Fsp3) is 0.435. The predicted octanol–water partition coefficient (Wildman–Crippen LogP) is 4.26. The Bertz CT molecular complexity index is 870. The largest absolute Gasteiger partial charge is 0.482 e. The standard InChI is InChI=1S/C23H26F3NO4/c1-16(12-17-6-8-20(9-7-17)31-15-22(28)29-2)27-10-11-30-21(14-27)18-4-3-5-19(13-18)23(24,25)26/h3-9,13,16,21H,10-12,14-15H2,1-2H3. The molecule has 1 heterocycles. The van der Waals surface area contributed by atoms with Gasteiger partial charge in [0, 0.05) is 19.1 Å². The first-order valence-corrected chi connectivity index (χ1v) is 10.1. The van der Waals surface area contributed by atoms with Crippen LogP contribution < -0.4 is 4.74 Å². The van der Waals surface area contributed by atoms with E-state index < -0.39 is 23.8 Å². The molecule has 0 aromatic heterocycles. The molecular weight excluding hydrogens is 411 g/mol. The van der Waals surface area contributed by atoms with Gasteiger partial charge in [-0.3, -0.25) is 4.90 Å². The van der Waals surface area contributed by atoms with Crippen LogP contribution in [-0.4, -0.2) is 50.3 Å². The maximum Gasteiger partial charge on any atom is 0.416 e. The third kappa shape index (κ3) is 6.45. The lowest BCUT2D eigenvalue weighted by Gasteiger charge is -2.37. The van der Waals surface area contributed by atoms with Gasteiger partial charge in [-0.1, -0.05) is 24.3 Å². The summed E-state index contributed by atoms with van der Waals surface area (Å²) in [5, 5.41) is 0. The number of rotatable bonds is 7. The van der Waals surface area contributed by atoms with Gasteiger partial charge in [0.1, 0.15) is 5.75 Å². The number of benzene rings is 2. The van der Waals surface area contributed by atoms with Gasteiger partial charge in [0.15, 0.2) is 6.61 Å². The van der Waals surface area contributed by atoms with Crippen LogP contribution in [0.15, 0.2) is 48.5 Å². The molecule has 2 aromatic rings. The van der Waals surface area contributed by atoms with Crippen molar-refractivity contribution in [2.75, 3.05) is 33.4 Å². The molecule has 0 aliphatic carbocycles. The van der Waals surface area contributed by atoms with Crippen molar-refractivity contribution in [2.45, 2.75) is 31.7 Å². The van der Waals surface area contributed by atoms with Crippen LogP contribution in [0.1, 0.15) is 29.7 Å². The molecule has 0 bridgehead atoms. The molecule has 1 saturated heterocycles. The van der Waals surface area contributed by atoms with E-state index in [9.17, 15) is 18.0 Å². The minimum atomic E-state index is -4.37. The maximum atomic E-state index is 13.0. The number of alkyl halides is 3. The fourth-order valence-electron chi connectivity index (χ4n) is 3.58. The van der Waals surface area contributed by atoms with Crippen LogP contribution in [-0.2, 0) is 26.9 Å². The zero-order chi connectivity index (χ0) is 22.4. The second kappa shape index (κ2) is 10.2. The number of hydrogen-bond acceptors (Lipinski definition) is 5. The molecule has 31 heavy (non-hydrogen) atoms. The van der Waals surface area contributed by atoms with Crippen molar-refractivity contribution in [3.63, 3.8) is 0 Å². The summed E-state index contributed by atoms with van der Waals surface area (Å²) in [4.78, 5) is 13.4. The van der Waals surface area contributed by atoms with E-state index >= 15 is 0 Å². The minimum absolute atomic E-state index is 0.142. The first kappa shape index (κ1) is 23.1. The number of hydrogen-bond donors (Lipinski definition) is 0. The first-order chi connectivity index (χ1) is 14.8. The molecule has 2 atom stereocenters. The normalized spacial score (nSPS) is 18.4. The average molecular weight is 437 g/mol. The Balaban J connectivity index is 1.58. The summed E-state index contributed by atoms with van der Waals surface area (Å²) in [6.45, 7) is 3.67. The summed E-state index contributed by atoms with van der Waals surface area (Å²) < 4.78 is 54.8. The molecule has 2 unspecified atom stereocenters. The number of methoxy groups -OCH3 is 1. The lowest BCUT2D eigenvalue weighted by Crippen LogP contribution is -2.44. The van der Waals surface area contributed by atoms with Gasteiger partial charge in [-0.15, -0.1) is 0 Å². The molecule has 5 nitrogen and oxygen atoms in total. The highest BCUT2D eigenvalue weighted by molar-refractivity contribution is 5.70. The minimum Gasteiger partial charge on any atom is -0.482 e. The van der Waals surface area contributed by atoms with E-state index in [0.717, 1.165) is 24.6 Å². The van der Waals surface area contributed by atoms with E-state index in [2.05, 4.69) is 16.6 Å². The van der Waals surface area contributed by atoms with Gasteiger partial charge in [-0.25, -0.2) is 4.79 Å². The molecule has 0 amide bonds. The molecule has 8 heteroatoms. The Morgan fingerprint density at radius 2 is 1.97 bits per heavy atom. The van der Waals surface area contributed by atoms with Crippen molar-refractivity contribution in [2.24, 2.45) is 0 Å². The molecule has 168 valence electrons. The summed E-state index contributed by atoms with van der Waals surface area (Å²) >= 11 is 0. The highest BCUT2D eigenvalue weighted by Crippen LogP contribution is 2.32. The monoisotopic (exact) mass is 437 g/mol. The number of carbonyl (C=O) groups excluding carboxylic acids is 1. The highest BCUT2D eigenvalue weighted by Gasteiger charge is 2.32. The maximum absolute atomic E-state index is 13.0. The van der Waals surface area contributed by atoms with E-state index in [4.69, 9.17) is 9.47 Å². The van der Waals surface area contributed by atoms with Crippen LogP contribution in [0.3, 0.4) is 0 Å². The third-order valence-corrected chi connectivity index (χ3v) is 5.35. The van der Waals surface area contributed by atoms with Gasteiger partial charge in [-0.2, -0.15) is 13.2 Å². The van der Waals surface area contributed by atoms with Crippen LogP contribution in [0, 0.1) is 0 Å². The van der Waals surface area contributed by atoms with E-state index in [1.54, 1.807) is 18.2 Å². The Hall–Kier alpha value is -2.58. The lowest BCUT2D eigenvalue weighted by atomic mass is 10.0. The molecule has 2 aromatic carbocycles. The van der Waals surface area contributed by atoms with Crippen molar-refractivity contribution < 1.29 is 32.2 Å². The van der Waals surface area contributed by atoms with E-state index in [-0.39, 0.29) is 12.6 Å². The second-order valence-corrected chi connectivity index (χ2v) is 7.54. The lowest BCUT2D eigenvalue weighted by molar-refractivity contribution is -0.143. The van der Waals surface area contributed by atoms with Crippen molar-refractivity contribution >= 4 is 5.97 Å². The smallest absolute Gasteiger partial charge is 0.416 e. The number of halogens is 3.